The topological polar surface area (TPSA) is 57.2 Å². The standard InChI is InChI=1S/C16H20N2O2/c1-12-6-3-4-7-14(12)11-20-15-8-5-9-18(16(15)19)13(2)10-17/h3-9,13H,10-11,17H2,1-2H3. The van der Waals surface area contributed by atoms with Gasteiger partial charge in [0.15, 0.2) is 5.75 Å². The second-order valence-electron chi connectivity index (χ2n) is 4.88. The smallest absolute Gasteiger partial charge is 0.293 e. The molecule has 1 heterocycles. The predicted molar refractivity (Wildman–Crippen MR) is 80.0 cm³/mol. The van der Waals surface area contributed by atoms with Crippen molar-refractivity contribution in [2.24, 2.45) is 5.73 Å². The van der Waals surface area contributed by atoms with Gasteiger partial charge >= 0.3 is 0 Å². The van der Waals surface area contributed by atoms with Crippen molar-refractivity contribution < 1.29 is 4.74 Å². The molecule has 0 aliphatic carbocycles. The molecular formula is C16H20N2O2. The molecule has 1 atom stereocenters. The summed E-state index contributed by atoms with van der Waals surface area (Å²) < 4.78 is 7.27. The van der Waals surface area contributed by atoms with Gasteiger partial charge in [-0.1, -0.05) is 24.3 Å². The third kappa shape index (κ3) is 3.08. The van der Waals surface area contributed by atoms with Crippen molar-refractivity contribution in [3.63, 3.8) is 0 Å². The summed E-state index contributed by atoms with van der Waals surface area (Å²) in [7, 11) is 0. The SMILES string of the molecule is Cc1ccccc1COc1cccn(C(C)CN)c1=O. The monoisotopic (exact) mass is 272 g/mol. The van der Waals surface area contributed by atoms with Crippen LogP contribution in [-0.4, -0.2) is 11.1 Å². The van der Waals surface area contributed by atoms with E-state index in [2.05, 4.69) is 0 Å². The van der Waals surface area contributed by atoms with E-state index in [1.54, 1.807) is 22.9 Å². The van der Waals surface area contributed by atoms with E-state index in [0.717, 1.165) is 11.1 Å². The van der Waals surface area contributed by atoms with E-state index in [-0.39, 0.29) is 11.6 Å². The zero-order valence-corrected chi connectivity index (χ0v) is 11.9. The Bertz CT molecular complexity index is 634. The number of benzene rings is 1. The van der Waals surface area contributed by atoms with E-state index >= 15 is 0 Å². The molecule has 1 aromatic carbocycles. The molecule has 1 unspecified atom stereocenters. The first-order valence-corrected chi connectivity index (χ1v) is 6.72. The number of pyridine rings is 1. The van der Waals surface area contributed by atoms with Gasteiger partial charge in [0.25, 0.3) is 5.56 Å². The summed E-state index contributed by atoms with van der Waals surface area (Å²) in [5.74, 6) is 0.357. The van der Waals surface area contributed by atoms with Gasteiger partial charge in [-0.15, -0.1) is 0 Å². The van der Waals surface area contributed by atoms with Crippen molar-refractivity contribution >= 4 is 0 Å². The Morgan fingerprint density at radius 3 is 2.70 bits per heavy atom. The summed E-state index contributed by atoms with van der Waals surface area (Å²) >= 11 is 0. The zero-order chi connectivity index (χ0) is 14.5. The normalized spacial score (nSPS) is 12.2. The molecule has 1 aromatic heterocycles. The van der Waals surface area contributed by atoms with Crippen molar-refractivity contribution in [3.05, 3.63) is 64.1 Å². The maximum Gasteiger partial charge on any atom is 0.293 e. The third-order valence-electron chi connectivity index (χ3n) is 3.40. The molecule has 0 saturated carbocycles. The van der Waals surface area contributed by atoms with Gasteiger partial charge in [0, 0.05) is 18.8 Å². The van der Waals surface area contributed by atoms with Gasteiger partial charge in [0.2, 0.25) is 0 Å². The lowest BCUT2D eigenvalue weighted by Gasteiger charge is -2.14. The molecule has 0 amide bonds. The second-order valence-corrected chi connectivity index (χ2v) is 4.88. The Hall–Kier alpha value is -2.07. The second kappa shape index (κ2) is 6.39. The Balaban J connectivity index is 2.19. The summed E-state index contributed by atoms with van der Waals surface area (Å²) in [6.45, 7) is 4.75. The van der Waals surface area contributed by atoms with Crippen molar-refractivity contribution in [1.29, 1.82) is 0 Å². The molecule has 0 aliphatic rings. The van der Waals surface area contributed by atoms with Crippen molar-refractivity contribution in [1.82, 2.24) is 4.57 Å². The fourth-order valence-electron chi connectivity index (χ4n) is 1.99. The first-order chi connectivity index (χ1) is 9.63. The molecular weight excluding hydrogens is 252 g/mol. The van der Waals surface area contributed by atoms with Crippen LogP contribution in [0.25, 0.3) is 0 Å². The predicted octanol–water partition coefficient (Wildman–Crippen LogP) is 2.26. The fourth-order valence-corrected chi connectivity index (χ4v) is 1.99. The maximum absolute atomic E-state index is 12.3. The molecule has 0 fully saturated rings. The van der Waals surface area contributed by atoms with Crippen molar-refractivity contribution in [2.75, 3.05) is 6.54 Å². The van der Waals surface area contributed by atoms with E-state index in [0.29, 0.717) is 18.9 Å². The highest BCUT2D eigenvalue weighted by Gasteiger charge is 2.09. The lowest BCUT2D eigenvalue weighted by molar-refractivity contribution is 0.296. The van der Waals surface area contributed by atoms with Gasteiger partial charge in [-0.05, 0) is 37.1 Å². The molecule has 20 heavy (non-hydrogen) atoms. The molecule has 2 rings (SSSR count). The number of ether oxygens (including phenoxy) is 1. The number of nitrogens with zero attached hydrogens (tertiary/aromatic N) is 1. The van der Waals surface area contributed by atoms with Crippen LogP contribution in [0.3, 0.4) is 0 Å². The van der Waals surface area contributed by atoms with E-state index in [1.807, 2.05) is 38.1 Å². The van der Waals surface area contributed by atoms with Gasteiger partial charge < -0.3 is 15.0 Å². The molecule has 4 heteroatoms. The van der Waals surface area contributed by atoms with Gasteiger partial charge in [-0.25, -0.2) is 0 Å². The highest BCUT2D eigenvalue weighted by molar-refractivity contribution is 5.26. The molecule has 0 aliphatic heterocycles. The maximum atomic E-state index is 12.3. The van der Waals surface area contributed by atoms with Gasteiger partial charge in [0.1, 0.15) is 6.61 Å². The first kappa shape index (κ1) is 14.3. The van der Waals surface area contributed by atoms with Crippen molar-refractivity contribution in [2.45, 2.75) is 26.5 Å². The van der Waals surface area contributed by atoms with Gasteiger partial charge in [-0.2, -0.15) is 0 Å². The largest absolute Gasteiger partial charge is 0.483 e. The first-order valence-electron chi connectivity index (χ1n) is 6.72. The van der Waals surface area contributed by atoms with Crippen LogP contribution >= 0.6 is 0 Å². The summed E-state index contributed by atoms with van der Waals surface area (Å²) in [6.07, 6.45) is 1.74. The minimum atomic E-state index is -0.140. The van der Waals surface area contributed by atoms with Crippen LogP contribution in [0.2, 0.25) is 0 Å². The molecule has 2 aromatic rings. The number of hydrogen-bond acceptors (Lipinski definition) is 3. The van der Waals surface area contributed by atoms with E-state index in [9.17, 15) is 4.79 Å². The average molecular weight is 272 g/mol. The van der Waals surface area contributed by atoms with Crippen LogP contribution in [-0.2, 0) is 6.61 Å². The lowest BCUT2D eigenvalue weighted by atomic mass is 10.1. The van der Waals surface area contributed by atoms with Crippen LogP contribution in [0, 0.1) is 6.92 Å². The lowest BCUT2D eigenvalue weighted by Crippen LogP contribution is -2.28. The molecule has 2 N–H and O–H groups in total. The number of rotatable bonds is 5. The van der Waals surface area contributed by atoms with Crippen molar-refractivity contribution in [3.8, 4) is 5.75 Å². The minimum Gasteiger partial charge on any atom is -0.483 e. The van der Waals surface area contributed by atoms with Crippen LogP contribution in [0.5, 0.6) is 5.75 Å². The highest BCUT2D eigenvalue weighted by atomic mass is 16.5. The van der Waals surface area contributed by atoms with E-state index in [1.165, 1.54) is 0 Å². The number of aromatic nitrogens is 1. The Kier molecular flexibility index (Phi) is 4.58. The van der Waals surface area contributed by atoms with Crippen LogP contribution in [0.15, 0.2) is 47.4 Å². The van der Waals surface area contributed by atoms with Crippen LogP contribution in [0.4, 0.5) is 0 Å². The summed E-state index contributed by atoms with van der Waals surface area (Å²) in [5, 5.41) is 0. The average Bonchev–Trinajstić information content (AvgIpc) is 2.47. The Labute approximate surface area is 118 Å². The molecule has 0 bridgehead atoms. The number of nitrogens with two attached hydrogens (primary N) is 1. The minimum absolute atomic E-state index is 0.0375. The van der Waals surface area contributed by atoms with Crippen LogP contribution < -0.4 is 16.0 Å². The molecule has 0 radical (unpaired) electrons. The van der Waals surface area contributed by atoms with E-state index < -0.39 is 0 Å². The Morgan fingerprint density at radius 1 is 1.25 bits per heavy atom. The molecule has 4 nitrogen and oxygen atoms in total. The number of aryl methyl sites for hydroxylation is 1. The molecule has 0 spiro atoms. The van der Waals surface area contributed by atoms with Crippen LogP contribution in [0.1, 0.15) is 24.1 Å². The molecule has 106 valence electrons. The van der Waals surface area contributed by atoms with Gasteiger partial charge in [0.05, 0.1) is 0 Å². The quantitative estimate of drug-likeness (QED) is 0.908. The highest BCUT2D eigenvalue weighted by Crippen LogP contribution is 2.12. The summed E-state index contributed by atoms with van der Waals surface area (Å²) in [5.41, 5.74) is 7.70. The molecule has 0 saturated heterocycles. The third-order valence-corrected chi connectivity index (χ3v) is 3.40. The number of hydrogen-bond donors (Lipinski definition) is 1. The zero-order valence-electron chi connectivity index (χ0n) is 11.9. The fraction of sp³-hybridized carbons (Fsp3) is 0.312. The Morgan fingerprint density at radius 2 is 2.00 bits per heavy atom. The summed E-state index contributed by atoms with van der Waals surface area (Å²) in [6, 6.07) is 11.4. The summed E-state index contributed by atoms with van der Waals surface area (Å²) in [4.78, 5) is 12.3. The van der Waals surface area contributed by atoms with E-state index in [4.69, 9.17) is 10.5 Å². The van der Waals surface area contributed by atoms with Gasteiger partial charge in [-0.3, -0.25) is 4.79 Å².